The summed E-state index contributed by atoms with van der Waals surface area (Å²) in [5, 5.41) is 4.40. The van der Waals surface area contributed by atoms with Crippen LogP contribution in [0.1, 0.15) is 47.9 Å². The first-order valence-electron chi connectivity index (χ1n) is 14.0. The quantitative estimate of drug-likeness (QED) is 0.518. The van der Waals surface area contributed by atoms with Crippen molar-refractivity contribution in [2.45, 2.75) is 40.0 Å². The van der Waals surface area contributed by atoms with E-state index in [2.05, 4.69) is 10.1 Å². The van der Waals surface area contributed by atoms with Crippen LogP contribution in [0.15, 0.2) is 28.9 Å². The molecule has 0 bridgehead atoms. The second-order valence-electron chi connectivity index (χ2n) is 11.3. The largest absolute Gasteiger partial charge is 0.361 e. The highest BCUT2D eigenvalue weighted by atomic mass is 35.5. The van der Waals surface area contributed by atoms with Crippen LogP contribution in [0, 0.1) is 31.6 Å². The Balaban J connectivity index is 1.16. The third kappa shape index (κ3) is 5.99. The molecule has 0 saturated carbocycles. The van der Waals surface area contributed by atoms with E-state index in [-0.39, 0.29) is 23.6 Å². The second-order valence-corrected chi connectivity index (χ2v) is 11.7. The van der Waals surface area contributed by atoms with Crippen LogP contribution in [0.3, 0.4) is 0 Å². The number of amides is 3. The van der Waals surface area contributed by atoms with Crippen LogP contribution in [0.5, 0.6) is 0 Å². The van der Waals surface area contributed by atoms with Gasteiger partial charge in [-0.15, -0.1) is 0 Å². The van der Waals surface area contributed by atoms with Crippen LogP contribution >= 0.6 is 11.6 Å². The lowest BCUT2D eigenvalue weighted by Crippen LogP contribution is -2.44. The minimum Gasteiger partial charge on any atom is -0.361 e. The molecule has 0 N–H and O–H groups in total. The zero-order valence-corrected chi connectivity index (χ0v) is 23.8. The number of rotatable bonds is 7. The number of carbonyl (C=O) groups is 3. The van der Waals surface area contributed by atoms with Crippen molar-refractivity contribution in [1.82, 2.24) is 19.9 Å². The predicted molar refractivity (Wildman–Crippen MR) is 149 cm³/mol. The standard InChI is InChI=1S/C29H38ClN5O4/c1-19-5-6-25(13-27(19)30)35(28(37)22-7-11-33(12-8-22)21(3)36)10-4-9-32-15-23-17-34(18-24(23)16-32)29(38)26-14-31-39-20(26)2/h5-6,13-14,22-24H,4,7-12,15-18H2,1-3H3. The van der Waals surface area contributed by atoms with Gasteiger partial charge in [0.1, 0.15) is 11.3 Å². The van der Waals surface area contributed by atoms with Crippen LogP contribution in [0.25, 0.3) is 0 Å². The number of halogens is 1. The average Bonchev–Trinajstić information content (AvgIpc) is 3.62. The Morgan fingerprint density at radius 1 is 1.05 bits per heavy atom. The lowest BCUT2D eigenvalue weighted by molar-refractivity contribution is -0.133. The molecule has 9 nitrogen and oxygen atoms in total. The Morgan fingerprint density at radius 3 is 2.33 bits per heavy atom. The molecule has 0 radical (unpaired) electrons. The van der Waals surface area contributed by atoms with E-state index < -0.39 is 0 Å². The number of likely N-dealkylation sites (tertiary alicyclic amines) is 3. The minimum atomic E-state index is -0.0931. The fourth-order valence-electron chi connectivity index (χ4n) is 6.34. The van der Waals surface area contributed by atoms with E-state index in [0.29, 0.717) is 60.7 Å². The van der Waals surface area contributed by atoms with Gasteiger partial charge >= 0.3 is 0 Å². The number of hydrogen-bond acceptors (Lipinski definition) is 6. The number of hydrogen-bond donors (Lipinski definition) is 0. The highest BCUT2D eigenvalue weighted by molar-refractivity contribution is 6.31. The van der Waals surface area contributed by atoms with Gasteiger partial charge in [-0.1, -0.05) is 22.8 Å². The molecule has 10 heteroatoms. The molecule has 0 aliphatic carbocycles. The molecule has 2 aromatic rings. The summed E-state index contributed by atoms with van der Waals surface area (Å²) in [5.41, 5.74) is 2.37. The first kappa shape index (κ1) is 27.6. The molecule has 39 heavy (non-hydrogen) atoms. The van der Waals surface area contributed by atoms with Crippen molar-refractivity contribution in [3.63, 3.8) is 0 Å². The summed E-state index contributed by atoms with van der Waals surface area (Å²) in [6.45, 7) is 11.5. The molecule has 1 aromatic carbocycles. The van der Waals surface area contributed by atoms with Crippen molar-refractivity contribution in [2.24, 2.45) is 17.8 Å². The molecule has 2 unspecified atom stereocenters. The van der Waals surface area contributed by atoms with Gasteiger partial charge in [0.05, 0.1) is 6.20 Å². The number of anilines is 1. The summed E-state index contributed by atoms with van der Waals surface area (Å²) in [6, 6.07) is 5.83. The molecule has 3 aliphatic rings. The van der Waals surface area contributed by atoms with Crippen molar-refractivity contribution in [1.29, 1.82) is 0 Å². The van der Waals surface area contributed by atoms with Crippen molar-refractivity contribution in [3.8, 4) is 0 Å². The normalized spacial score (nSPS) is 21.8. The number of nitrogens with zero attached hydrogens (tertiary/aromatic N) is 5. The van der Waals surface area contributed by atoms with Gasteiger partial charge in [-0.2, -0.15) is 0 Å². The van der Waals surface area contributed by atoms with Crippen LogP contribution in [-0.4, -0.2) is 89.9 Å². The first-order valence-corrected chi connectivity index (χ1v) is 14.3. The Kier molecular flexibility index (Phi) is 8.28. The molecule has 4 heterocycles. The van der Waals surface area contributed by atoms with Gasteiger partial charge < -0.3 is 24.1 Å². The minimum absolute atomic E-state index is 0.00903. The van der Waals surface area contributed by atoms with E-state index in [4.69, 9.17) is 16.1 Å². The molecule has 210 valence electrons. The van der Waals surface area contributed by atoms with Gasteiger partial charge in [-0.05, 0) is 69.2 Å². The SMILES string of the molecule is CC(=O)N1CCC(C(=O)N(CCCN2CC3CN(C(=O)c4cnoc4C)CC3C2)c2ccc(C)c(Cl)c2)CC1. The molecule has 3 aliphatic heterocycles. The van der Waals surface area contributed by atoms with Gasteiger partial charge in [0, 0.05) is 69.4 Å². The summed E-state index contributed by atoms with van der Waals surface area (Å²) >= 11 is 6.44. The van der Waals surface area contributed by atoms with E-state index in [1.165, 1.54) is 6.20 Å². The molecular formula is C29H38ClN5O4. The van der Waals surface area contributed by atoms with E-state index in [1.54, 1.807) is 13.8 Å². The first-order chi connectivity index (χ1) is 18.7. The third-order valence-electron chi connectivity index (χ3n) is 8.71. The summed E-state index contributed by atoms with van der Waals surface area (Å²) < 4.78 is 5.08. The fraction of sp³-hybridized carbons (Fsp3) is 0.586. The molecule has 5 rings (SSSR count). The molecule has 3 saturated heterocycles. The summed E-state index contributed by atoms with van der Waals surface area (Å²) in [5.74, 6) is 1.61. The smallest absolute Gasteiger partial charge is 0.259 e. The monoisotopic (exact) mass is 555 g/mol. The maximum absolute atomic E-state index is 13.7. The van der Waals surface area contributed by atoms with E-state index in [9.17, 15) is 14.4 Å². The molecule has 3 amide bonds. The Labute approximate surface area is 235 Å². The van der Waals surface area contributed by atoms with E-state index >= 15 is 0 Å². The Bertz CT molecular complexity index is 1210. The van der Waals surface area contributed by atoms with Gasteiger partial charge in [-0.25, -0.2) is 0 Å². The van der Waals surface area contributed by atoms with Crippen molar-refractivity contribution in [3.05, 3.63) is 46.3 Å². The van der Waals surface area contributed by atoms with Crippen LogP contribution in [0.2, 0.25) is 5.02 Å². The number of piperidine rings is 1. The van der Waals surface area contributed by atoms with Crippen LogP contribution < -0.4 is 4.90 Å². The highest BCUT2D eigenvalue weighted by Gasteiger charge is 2.42. The number of aromatic nitrogens is 1. The third-order valence-corrected chi connectivity index (χ3v) is 9.12. The molecule has 2 atom stereocenters. The maximum Gasteiger partial charge on any atom is 0.259 e. The van der Waals surface area contributed by atoms with Crippen molar-refractivity contribution < 1.29 is 18.9 Å². The summed E-state index contributed by atoms with van der Waals surface area (Å²) in [4.78, 5) is 46.4. The van der Waals surface area contributed by atoms with Gasteiger partial charge in [0.2, 0.25) is 11.8 Å². The van der Waals surface area contributed by atoms with E-state index in [0.717, 1.165) is 50.4 Å². The Hall–Kier alpha value is -2.91. The van der Waals surface area contributed by atoms with Gasteiger partial charge in [0.15, 0.2) is 0 Å². The highest BCUT2D eigenvalue weighted by Crippen LogP contribution is 2.33. The molecule has 0 spiro atoms. The number of aryl methyl sites for hydroxylation is 2. The molecule has 3 fully saturated rings. The lowest BCUT2D eigenvalue weighted by Gasteiger charge is -2.34. The topological polar surface area (TPSA) is 90.2 Å². The number of benzene rings is 1. The zero-order valence-electron chi connectivity index (χ0n) is 23.1. The van der Waals surface area contributed by atoms with E-state index in [1.807, 2.05) is 39.8 Å². The van der Waals surface area contributed by atoms with Gasteiger partial charge in [-0.3, -0.25) is 14.4 Å². The molecular weight excluding hydrogens is 518 g/mol. The second kappa shape index (κ2) is 11.7. The average molecular weight is 556 g/mol. The van der Waals surface area contributed by atoms with Crippen LogP contribution in [0.4, 0.5) is 5.69 Å². The lowest BCUT2D eigenvalue weighted by atomic mass is 9.94. The zero-order chi connectivity index (χ0) is 27.7. The Morgan fingerprint density at radius 2 is 1.74 bits per heavy atom. The molecule has 1 aromatic heterocycles. The summed E-state index contributed by atoms with van der Waals surface area (Å²) in [7, 11) is 0. The van der Waals surface area contributed by atoms with Crippen molar-refractivity contribution >= 4 is 35.0 Å². The van der Waals surface area contributed by atoms with Crippen molar-refractivity contribution in [2.75, 3.05) is 57.3 Å². The number of carbonyl (C=O) groups excluding carboxylic acids is 3. The van der Waals surface area contributed by atoms with Gasteiger partial charge in [0.25, 0.3) is 5.91 Å². The predicted octanol–water partition coefficient (Wildman–Crippen LogP) is 3.63. The number of fused-ring (bicyclic) bond motifs is 1. The fourth-order valence-corrected chi connectivity index (χ4v) is 6.52. The summed E-state index contributed by atoms with van der Waals surface area (Å²) in [6.07, 6.45) is 3.74. The maximum atomic E-state index is 13.7. The van der Waals surface area contributed by atoms with Crippen LogP contribution in [-0.2, 0) is 9.59 Å².